The third-order valence-electron chi connectivity index (χ3n) is 5.10. The van der Waals surface area contributed by atoms with Gasteiger partial charge in [-0.3, -0.25) is 4.90 Å². The number of benzene rings is 2. The van der Waals surface area contributed by atoms with Crippen LogP contribution in [-0.2, 0) is 17.9 Å². The second-order valence-electron chi connectivity index (χ2n) is 7.25. The number of carbonyl (C=O) groups excluding carboxylic acids is 2. The second kappa shape index (κ2) is 7.98. The number of esters is 1. The number of nitrogens with one attached hydrogen (secondary N) is 2. The first kappa shape index (κ1) is 18.4. The summed E-state index contributed by atoms with van der Waals surface area (Å²) in [5.74, 6) is -0.560. The molecule has 7 heteroatoms. The topological polar surface area (TPSA) is 70.7 Å². The molecule has 2 aliphatic heterocycles. The smallest absolute Gasteiger partial charge is 0.338 e. The first-order valence-electron chi connectivity index (χ1n) is 9.41. The van der Waals surface area contributed by atoms with Gasteiger partial charge in [-0.2, -0.15) is 0 Å². The SMILES string of the molecule is O=C(Nc1ccc2c(c1)COC2=O)NC1CCCN(Cc2ccc(F)cc2)C1. The summed E-state index contributed by atoms with van der Waals surface area (Å²) in [6, 6.07) is 11.4. The Balaban J connectivity index is 1.30. The van der Waals surface area contributed by atoms with Crippen molar-refractivity contribution in [1.29, 1.82) is 0 Å². The quantitative estimate of drug-likeness (QED) is 0.795. The fourth-order valence-electron chi connectivity index (χ4n) is 3.73. The number of piperidine rings is 1. The minimum atomic E-state index is -0.325. The first-order valence-corrected chi connectivity index (χ1v) is 9.41. The molecule has 28 heavy (non-hydrogen) atoms. The highest BCUT2D eigenvalue weighted by molar-refractivity contribution is 5.95. The standard InChI is InChI=1S/C21H22FN3O3/c22-16-5-3-14(4-6-16)11-25-9-1-2-18(12-25)24-21(27)23-17-7-8-19-15(10-17)13-28-20(19)26/h3-8,10,18H,1-2,9,11-13H2,(H2,23,24,27). The zero-order valence-electron chi connectivity index (χ0n) is 15.4. The number of urea groups is 1. The summed E-state index contributed by atoms with van der Waals surface area (Å²) >= 11 is 0. The van der Waals surface area contributed by atoms with Crippen LogP contribution in [0.15, 0.2) is 42.5 Å². The van der Waals surface area contributed by atoms with Gasteiger partial charge in [0.15, 0.2) is 0 Å². The van der Waals surface area contributed by atoms with Crippen LogP contribution in [0.2, 0.25) is 0 Å². The number of ether oxygens (including phenoxy) is 1. The summed E-state index contributed by atoms with van der Waals surface area (Å²) in [6.45, 7) is 2.68. The van der Waals surface area contributed by atoms with Crippen LogP contribution < -0.4 is 10.6 Å². The maximum Gasteiger partial charge on any atom is 0.338 e. The van der Waals surface area contributed by atoms with Gasteiger partial charge in [0, 0.05) is 30.4 Å². The Morgan fingerprint density at radius 3 is 2.86 bits per heavy atom. The highest BCUT2D eigenvalue weighted by atomic mass is 19.1. The summed E-state index contributed by atoms with van der Waals surface area (Å²) < 4.78 is 18.0. The zero-order chi connectivity index (χ0) is 19.5. The molecule has 0 spiro atoms. The highest BCUT2D eigenvalue weighted by Crippen LogP contribution is 2.23. The molecule has 2 N–H and O–H groups in total. The van der Waals surface area contributed by atoms with E-state index in [-0.39, 0.29) is 30.5 Å². The molecule has 1 unspecified atom stereocenters. The number of hydrogen-bond acceptors (Lipinski definition) is 4. The number of nitrogens with zero attached hydrogens (tertiary/aromatic N) is 1. The number of hydrogen-bond donors (Lipinski definition) is 2. The van der Waals surface area contributed by atoms with Crippen LogP contribution in [0.5, 0.6) is 0 Å². The normalized spacial score (nSPS) is 19.0. The predicted molar refractivity (Wildman–Crippen MR) is 102 cm³/mol. The molecule has 1 saturated heterocycles. The predicted octanol–water partition coefficient (Wildman–Crippen LogP) is 3.28. The molecule has 2 aliphatic rings. The summed E-state index contributed by atoms with van der Waals surface area (Å²) in [5.41, 5.74) is 3.02. The number of carbonyl (C=O) groups is 2. The molecule has 6 nitrogen and oxygen atoms in total. The summed E-state index contributed by atoms with van der Waals surface area (Å²) in [4.78, 5) is 26.1. The van der Waals surface area contributed by atoms with Crippen LogP contribution in [-0.4, -0.2) is 36.0 Å². The molecule has 0 radical (unpaired) electrons. The van der Waals surface area contributed by atoms with Gasteiger partial charge in [0.25, 0.3) is 0 Å². The van der Waals surface area contributed by atoms with E-state index in [1.54, 1.807) is 30.3 Å². The fraction of sp³-hybridized carbons (Fsp3) is 0.333. The van der Waals surface area contributed by atoms with Gasteiger partial charge in [-0.25, -0.2) is 14.0 Å². The summed E-state index contributed by atoms with van der Waals surface area (Å²) in [7, 11) is 0. The van der Waals surface area contributed by atoms with E-state index in [2.05, 4.69) is 15.5 Å². The Labute approximate surface area is 162 Å². The molecule has 0 aromatic heterocycles. The van der Waals surface area contributed by atoms with Crippen molar-refractivity contribution in [1.82, 2.24) is 10.2 Å². The molecule has 2 heterocycles. The molecule has 0 aliphatic carbocycles. The van der Waals surface area contributed by atoms with Crippen LogP contribution in [0, 0.1) is 5.82 Å². The molecule has 0 bridgehead atoms. The Kier molecular flexibility index (Phi) is 5.25. The molecular formula is C21H22FN3O3. The Hall–Kier alpha value is -2.93. The monoisotopic (exact) mass is 383 g/mol. The van der Waals surface area contributed by atoms with E-state index in [4.69, 9.17) is 4.74 Å². The lowest BCUT2D eigenvalue weighted by Crippen LogP contribution is -2.48. The van der Waals surface area contributed by atoms with Gasteiger partial charge in [-0.1, -0.05) is 12.1 Å². The van der Waals surface area contributed by atoms with Crippen LogP contribution in [0.4, 0.5) is 14.9 Å². The summed E-state index contributed by atoms with van der Waals surface area (Å²) in [5, 5.41) is 5.85. The number of likely N-dealkylation sites (tertiary alicyclic amines) is 1. The third kappa shape index (κ3) is 4.31. The third-order valence-corrected chi connectivity index (χ3v) is 5.10. The number of anilines is 1. The highest BCUT2D eigenvalue weighted by Gasteiger charge is 2.23. The van der Waals surface area contributed by atoms with E-state index in [1.807, 2.05) is 0 Å². The maximum absolute atomic E-state index is 13.1. The summed E-state index contributed by atoms with van der Waals surface area (Å²) in [6.07, 6.45) is 1.91. The Morgan fingerprint density at radius 1 is 1.21 bits per heavy atom. The van der Waals surface area contributed by atoms with E-state index in [0.29, 0.717) is 11.3 Å². The second-order valence-corrected chi connectivity index (χ2v) is 7.25. The fourth-order valence-corrected chi connectivity index (χ4v) is 3.73. The van der Waals surface area contributed by atoms with Gasteiger partial charge < -0.3 is 15.4 Å². The van der Waals surface area contributed by atoms with Gasteiger partial charge in [0.2, 0.25) is 0 Å². The van der Waals surface area contributed by atoms with Crippen LogP contribution in [0.1, 0.15) is 34.3 Å². The number of rotatable bonds is 4. The minimum Gasteiger partial charge on any atom is -0.457 e. The molecule has 1 atom stereocenters. The minimum absolute atomic E-state index is 0.0496. The van der Waals surface area contributed by atoms with Crippen molar-refractivity contribution >= 4 is 17.7 Å². The van der Waals surface area contributed by atoms with Gasteiger partial charge in [0.05, 0.1) is 5.56 Å². The number of cyclic esters (lactones) is 1. The molecule has 146 valence electrons. The van der Waals surface area contributed by atoms with E-state index in [0.717, 1.165) is 43.6 Å². The average molecular weight is 383 g/mol. The lowest BCUT2D eigenvalue weighted by Gasteiger charge is -2.33. The van der Waals surface area contributed by atoms with Crippen molar-refractivity contribution in [2.24, 2.45) is 0 Å². The largest absolute Gasteiger partial charge is 0.457 e. The number of fused-ring (bicyclic) bond motifs is 1. The number of halogens is 1. The van der Waals surface area contributed by atoms with Gasteiger partial charge in [0.1, 0.15) is 12.4 Å². The van der Waals surface area contributed by atoms with E-state index in [9.17, 15) is 14.0 Å². The average Bonchev–Trinajstić information content (AvgIpc) is 3.04. The lowest BCUT2D eigenvalue weighted by molar-refractivity contribution is 0.0535. The Bertz CT molecular complexity index is 885. The molecule has 2 amide bonds. The van der Waals surface area contributed by atoms with Crippen molar-refractivity contribution in [3.63, 3.8) is 0 Å². The van der Waals surface area contributed by atoms with E-state index in [1.165, 1.54) is 12.1 Å². The van der Waals surface area contributed by atoms with Crippen LogP contribution >= 0.6 is 0 Å². The molecule has 1 fully saturated rings. The van der Waals surface area contributed by atoms with Gasteiger partial charge in [-0.05, 0) is 55.3 Å². The maximum atomic E-state index is 13.1. The van der Waals surface area contributed by atoms with Gasteiger partial charge >= 0.3 is 12.0 Å². The lowest BCUT2D eigenvalue weighted by atomic mass is 10.0. The van der Waals surface area contributed by atoms with Crippen molar-refractivity contribution in [3.8, 4) is 0 Å². The number of amides is 2. The Morgan fingerprint density at radius 2 is 2.04 bits per heavy atom. The molecular weight excluding hydrogens is 361 g/mol. The molecule has 2 aromatic carbocycles. The van der Waals surface area contributed by atoms with Crippen LogP contribution in [0.3, 0.4) is 0 Å². The first-order chi connectivity index (χ1) is 13.6. The molecule has 4 rings (SSSR count). The molecule has 2 aromatic rings. The van der Waals surface area contributed by atoms with Crippen molar-refractivity contribution in [3.05, 3.63) is 65.0 Å². The van der Waals surface area contributed by atoms with Crippen LogP contribution in [0.25, 0.3) is 0 Å². The van der Waals surface area contributed by atoms with Gasteiger partial charge in [-0.15, -0.1) is 0 Å². The molecule has 0 saturated carbocycles. The van der Waals surface area contributed by atoms with Crippen molar-refractivity contribution < 1.29 is 18.7 Å². The van der Waals surface area contributed by atoms with Crippen molar-refractivity contribution in [2.45, 2.75) is 32.0 Å². The van der Waals surface area contributed by atoms with Crippen molar-refractivity contribution in [2.75, 3.05) is 18.4 Å². The zero-order valence-corrected chi connectivity index (χ0v) is 15.4. The van der Waals surface area contributed by atoms with E-state index >= 15 is 0 Å². The van der Waals surface area contributed by atoms with E-state index < -0.39 is 0 Å².